The molecule has 0 spiro atoms. The Morgan fingerprint density at radius 1 is 0.967 bits per heavy atom. The van der Waals surface area contributed by atoms with Gasteiger partial charge in [-0.15, -0.1) is 11.8 Å². The number of thioether (sulfide) groups is 1. The summed E-state index contributed by atoms with van der Waals surface area (Å²) in [5.41, 5.74) is 3.45. The van der Waals surface area contributed by atoms with Gasteiger partial charge in [0, 0.05) is 28.4 Å². The Labute approximate surface area is 181 Å². The van der Waals surface area contributed by atoms with E-state index in [1.165, 1.54) is 4.31 Å². The molecule has 3 aromatic rings. The number of carbonyl (C=O) groups is 1. The van der Waals surface area contributed by atoms with Crippen LogP contribution in [-0.4, -0.2) is 26.6 Å². The molecule has 5 nitrogen and oxygen atoms in total. The minimum Gasteiger partial charge on any atom is -0.322 e. The average Bonchev–Trinajstić information content (AvgIpc) is 2.73. The molecule has 4 rings (SSSR count). The zero-order valence-electron chi connectivity index (χ0n) is 16.8. The van der Waals surface area contributed by atoms with Gasteiger partial charge in [0.15, 0.2) is 0 Å². The Kier molecular flexibility index (Phi) is 5.58. The van der Waals surface area contributed by atoms with E-state index in [4.69, 9.17) is 0 Å². The van der Waals surface area contributed by atoms with Crippen molar-refractivity contribution >= 4 is 39.1 Å². The Bertz CT molecular complexity index is 1190. The molecule has 0 fully saturated rings. The number of rotatable bonds is 4. The van der Waals surface area contributed by atoms with Crippen molar-refractivity contribution in [3.05, 3.63) is 83.4 Å². The second kappa shape index (κ2) is 8.16. The number of para-hydroxylation sites is 1. The number of amides is 1. The summed E-state index contributed by atoms with van der Waals surface area (Å²) in [7, 11) is -3.73. The highest BCUT2D eigenvalue weighted by atomic mass is 32.2. The second-order valence-electron chi connectivity index (χ2n) is 7.25. The Balaban J connectivity index is 1.71. The second-order valence-corrected chi connectivity index (χ2v) is 10.3. The molecule has 1 heterocycles. The smallest absolute Gasteiger partial charge is 0.264 e. The molecule has 0 bridgehead atoms. The van der Waals surface area contributed by atoms with E-state index in [0.717, 1.165) is 16.0 Å². The summed E-state index contributed by atoms with van der Waals surface area (Å²) in [4.78, 5) is 13.9. The molecule has 30 heavy (non-hydrogen) atoms. The van der Waals surface area contributed by atoms with E-state index in [0.29, 0.717) is 29.2 Å². The van der Waals surface area contributed by atoms with Gasteiger partial charge in [0.1, 0.15) is 0 Å². The van der Waals surface area contributed by atoms with Crippen molar-refractivity contribution in [2.75, 3.05) is 21.9 Å². The third-order valence-corrected chi connectivity index (χ3v) is 7.69. The lowest BCUT2D eigenvalue weighted by Gasteiger charge is -2.30. The van der Waals surface area contributed by atoms with Crippen LogP contribution < -0.4 is 9.62 Å². The largest absolute Gasteiger partial charge is 0.322 e. The first-order valence-electron chi connectivity index (χ1n) is 9.59. The van der Waals surface area contributed by atoms with Gasteiger partial charge in [-0.2, -0.15) is 0 Å². The molecule has 0 saturated heterocycles. The van der Waals surface area contributed by atoms with Crippen molar-refractivity contribution in [2.24, 2.45) is 0 Å². The summed E-state index contributed by atoms with van der Waals surface area (Å²) < 4.78 is 28.3. The highest BCUT2D eigenvalue weighted by molar-refractivity contribution is 8.00. The lowest BCUT2D eigenvalue weighted by atomic mass is 10.1. The zero-order valence-corrected chi connectivity index (χ0v) is 18.4. The molecule has 1 N–H and O–H groups in total. The number of benzene rings is 3. The van der Waals surface area contributed by atoms with Crippen LogP contribution >= 0.6 is 11.8 Å². The number of sulfonamides is 1. The normalized spacial score (nSPS) is 13.6. The SMILES string of the molecule is Cc1cc(C)cc(S(=O)(=O)N2CCSc3ccc(C(=O)Nc4ccccc4)cc32)c1. The summed E-state index contributed by atoms with van der Waals surface area (Å²) in [6.45, 7) is 4.13. The molecule has 0 radical (unpaired) electrons. The molecule has 0 unspecified atom stereocenters. The van der Waals surface area contributed by atoms with E-state index in [-0.39, 0.29) is 10.8 Å². The van der Waals surface area contributed by atoms with Gasteiger partial charge in [-0.1, -0.05) is 24.3 Å². The monoisotopic (exact) mass is 438 g/mol. The van der Waals surface area contributed by atoms with E-state index < -0.39 is 10.0 Å². The summed E-state index contributed by atoms with van der Waals surface area (Å²) in [5, 5.41) is 2.85. The van der Waals surface area contributed by atoms with Crippen molar-refractivity contribution in [1.29, 1.82) is 0 Å². The van der Waals surface area contributed by atoms with Crippen molar-refractivity contribution < 1.29 is 13.2 Å². The first-order valence-corrected chi connectivity index (χ1v) is 12.0. The van der Waals surface area contributed by atoms with Crippen LogP contribution in [0.2, 0.25) is 0 Å². The lowest BCUT2D eigenvalue weighted by Crippen LogP contribution is -2.35. The van der Waals surface area contributed by atoms with Gasteiger partial charge >= 0.3 is 0 Å². The summed E-state index contributed by atoms with van der Waals surface area (Å²) in [5.74, 6) is 0.385. The van der Waals surface area contributed by atoms with Crippen LogP contribution in [0.1, 0.15) is 21.5 Å². The molecule has 0 saturated carbocycles. The van der Waals surface area contributed by atoms with E-state index >= 15 is 0 Å². The van der Waals surface area contributed by atoms with Crippen LogP contribution in [0.3, 0.4) is 0 Å². The van der Waals surface area contributed by atoms with Gasteiger partial charge in [0.2, 0.25) is 0 Å². The number of anilines is 2. The Hall–Kier alpha value is -2.77. The van der Waals surface area contributed by atoms with Crippen molar-refractivity contribution in [1.82, 2.24) is 0 Å². The first-order chi connectivity index (χ1) is 14.3. The molecule has 1 amide bonds. The van der Waals surface area contributed by atoms with Crippen LogP contribution in [0.5, 0.6) is 0 Å². The van der Waals surface area contributed by atoms with Gasteiger partial charge in [0.25, 0.3) is 15.9 Å². The van der Waals surface area contributed by atoms with E-state index in [1.807, 2.05) is 56.3 Å². The van der Waals surface area contributed by atoms with E-state index in [2.05, 4.69) is 5.32 Å². The van der Waals surface area contributed by atoms with Crippen molar-refractivity contribution in [3.8, 4) is 0 Å². The number of aryl methyl sites for hydroxylation is 2. The number of fused-ring (bicyclic) bond motifs is 1. The summed E-state index contributed by atoms with van der Waals surface area (Å²) >= 11 is 1.60. The molecular formula is C23H22N2O3S2. The lowest BCUT2D eigenvalue weighted by molar-refractivity contribution is 0.102. The van der Waals surface area contributed by atoms with Crippen LogP contribution in [0, 0.1) is 13.8 Å². The van der Waals surface area contributed by atoms with Gasteiger partial charge in [-0.25, -0.2) is 8.42 Å². The quantitative estimate of drug-likeness (QED) is 0.632. The van der Waals surface area contributed by atoms with Crippen molar-refractivity contribution in [2.45, 2.75) is 23.6 Å². The minimum absolute atomic E-state index is 0.275. The molecule has 0 atom stereocenters. The van der Waals surface area contributed by atoms with Crippen LogP contribution in [0.4, 0.5) is 11.4 Å². The topological polar surface area (TPSA) is 66.5 Å². The van der Waals surface area contributed by atoms with Gasteiger partial charge < -0.3 is 5.32 Å². The third-order valence-electron chi connectivity index (χ3n) is 4.86. The molecule has 7 heteroatoms. The fourth-order valence-corrected chi connectivity index (χ4v) is 6.33. The van der Waals surface area contributed by atoms with Crippen LogP contribution in [0.15, 0.2) is 76.5 Å². The predicted octanol–water partition coefficient (Wildman–Crippen LogP) is 4.86. The van der Waals surface area contributed by atoms with Gasteiger partial charge in [0.05, 0.1) is 10.6 Å². The van der Waals surface area contributed by atoms with Crippen LogP contribution in [-0.2, 0) is 10.0 Å². The summed E-state index contributed by atoms with van der Waals surface area (Å²) in [6.07, 6.45) is 0. The molecular weight excluding hydrogens is 416 g/mol. The molecule has 0 aliphatic carbocycles. The minimum atomic E-state index is -3.73. The van der Waals surface area contributed by atoms with E-state index in [1.54, 1.807) is 36.0 Å². The fourth-order valence-electron chi connectivity index (χ4n) is 3.52. The maximum atomic E-state index is 13.4. The molecule has 154 valence electrons. The Morgan fingerprint density at radius 3 is 2.37 bits per heavy atom. The maximum Gasteiger partial charge on any atom is 0.264 e. The first kappa shape index (κ1) is 20.5. The highest BCUT2D eigenvalue weighted by Crippen LogP contribution is 2.38. The maximum absolute atomic E-state index is 13.4. The molecule has 3 aromatic carbocycles. The number of hydrogen-bond donors (Lipinski definition) is 1. The molecule has 1 aliphatic rings. The predicted molar refractivity (Wildman–Crippen MR) is 122 cm³/mol. The zero-order chi connectivity index (χ0) is 21.3. The number of nitrogens with one attached hydrogen (secondary N) is 1. The van der Waals surface area contributed by atoms with Crippen molar-refractivity contribution in [3.63, 3.8) is 0 Å². The van der Waals surface area contributed by atoms with Crippen LogP contribution in [0.25, 0.3) is 0 Å². The number of carbonyl (C=O) groups excluding carboxylic acids is 1. The average molecular weight is 439 g/mol. The Morgan fingerprint density at radius 2 is 1.67 bits per heavy atom. The van der Waals surface area contributed by atoms with E-state index in [9.17, 15) is 13.2 Å². The van der Waals surface area contributed by atoms with Gasteiger partial charge in [-0.3, -0.25) is 9.10 Å². The van der Waals surface area contributed by atoms with Gasteiger partial charge in [-0.05, 0) is 67.4 Å². The highest BCUT2D eigenvalue weighted by Gasteiger charge is 2.30. The number of hydrogen-bond acceptors (Lipinski definition) is 4. The molecule has 0 aromatic heterocycles. The number of nitrogens with zero attached hydrogens (tertiary/aromatic N) is 1. The fraction of sp³-hybridized carbons (Fsp3) is 0.174. The molecule has 1 aliphatic heterocycles. The summed E-state index contributed by atoms with van der Waals surface area (Å²) in [6, 6.07) is 19.7. The third kappa shape index (κ3) is 4.08. The standard InChI is InChI=1S/C23H22N2O3S2/c1-16-12-17(2)14-20(13-16)30(27,28)25-10-11-29-22-9-8-18(15-21(22)25)23(26)24-19-6-4-3-5-7-19/h3-9,12-15H,10-11H2,1-2H3,(H,24,26).